The molecule has 1 heterocycles. The molecule has 0 atom stereocenters. The van der Waals surface area contributed by atoms with Crippen LogP contribution in [-0.4, -0.2) is 18.1 Å². The van der Waals surface area contributed by atoms with Crippen molar-refractivity contribution in [3.63, 3.8) is 0 Å². The zero-order valence-electron chi connectivity index (χ0n) is 13.8. The fourth-order valence-corrected chi connectivity index (χ4v) is 3.15. The van der Waals surface area contributed by atoms with Crippen molar-refractivity contribution in [3.8, 4) is 0 Å². The average Bonchev–Trinajstić information content (AvgIpc) is 2.81. The number of hydrogen-bond acceptors (Lipinski definition) is 4. The van der Waals surface area contributed by atoms with Gasteiger partial charge in [0.05, 0.1) is 5.69 Å². The van der Waals surface area contributed by atoms with E-state index < -0.39 is 0 Å². The van der Waals surface area contributed by atoms with Crippen molar-refractivity contribution in [2.75, 3.05) is 18.0 Å². The number of nitrogens with zero attached hydrogens (tertiary/aromatic N) is 2. The van der Waals surface area contributed by atoms with Crippen molar-refractivity contribution in [1.29, 1.82) is 0 Å². The molecule has 0 saturated carbocycles. The molecule has 0 radical (unpaired) electrons. The minimum absolute atomic E-state index is 0.614. The van der Waals surface area contributed by atoms with Gasteiger partial charge in [0.1, 0.15) is 0 Å². The third-order valence-corrected chi connectivity index (χ3v) is 4.69. The first-order valence-electron chi connectivity index (χ1n) is 7.91. The smallest absolute Gasteiger partial charge is 0.185 e. The molecular formula is C16H31N3S. The number of aromatic nitrogens is 1. The zero-order valence-corrected chi connectivity index (χ0v) is 14.6. The molecule has 0 aliphatic heterocycles. The molecule has 1 rings (SSSR count). The Morgan fingerprint density at radius 3 is 2.00 bits per heavy atom. The van der Waals surface area contributed by atoms with E-state index in [0.29, 0.717) is 6.54 Å². The molecule has 0 aromatic carbocycles. The summed E-state index contributed by atoms with van der Waals surface area (Å²) < 4.78 is 0. The number of anilines is 1. The standard InChI is InChI=1S/C16H31N3S/c1-6-14-15(11-17)20-16(18-14)19(9-7-12(2)3)10-8-13(4)5/h12-13H,6-11,17H2,1-5H3. The van der Waals surface area contributed by atoms with Crippen LogP contribution in [0.15, 0.2) is 0 Å². The molecule has 20 heavy (non-hydrogen) atoms. The Balaban J connectivity index is 2.81. The van der Waals surface area contributed by atoms with E-state index in [1.807, 2.05) is 0 Å². The van der Waals surface area contributed by atoms with Gasteiger partial charge in [0.25, 0.3) is 0 Å². The summed E-state index contributed by atoms with van der Waals surface area (Å²) in [6.45, 7) is 14.1. The third-order valence-electron chi connectivity index (χ3n) is 3.51. The maximum absolute atomic E-state index is 5.84. The Hall–Kier alpha value is -0.610. The maximum atomic E-state index is 5.84. The van der Waals surface area contributed by atoms with Crippen LogP contribution < -0.4 is 10.6 Å². The Labute approximate surface area is 128 Å². The minimum Gasteiger partial charge on any atom is -0.348 e. The van der Waals surface area contributed by atoms with Gasteiger partial charge < -0.3 is 10.6 Å². The molecule has 1 aromatic rings. The lowest BCUT2D eigenvalue weighted by Crippen LogP contribution is -2.27. The van der Waals surface area contributed by atoms with Crippen molar-refractivity contribution in [2.24, 2.45) is 17.6 Å². The number of aryl methyl sites for hydroxylation is 1. The summed E-state index contributed by atoms with van der Waals surface area (Å²) in [6.07, 6.45) is 3.42. The van der Waals surface area contributed by atoms with Gasteiger partial charge in [-0.1, -0.05) is 34.6 Å². The van der Waals surface area contributed by atoms with Crippen molar-refractivity contribution in [1.82, 2.24) is 4.98 Å². The molecule has 4 heteroatoms. The van der Waals surface area contributed by atoms with Gasteiger partial charge in [-0.2, -0.15) is 0 Å². The summed E-state index contributed by atoms with van der Waals surface area (Å²) in [7, 11) is 0. The van der Waals surface area contributed by atoms with Crippen LogP contribution in [0, 0.1) is 11.8 Å². The second kappa shape index (κ2) is 8.63. The summed E-state index contributed by atoms with van der Waals surface area (Å²) in [5, 5.41) is 1.17. The number of thiazole rings is 1. The van der Waals surface area contributed by atoms with Crippen LogP contribution in [0.25, 0.3) is 0 Å². The van der Waals surface area contributed by atoms with Crippen LogP contribution >= 0.6 is 11.3 Å². The Morgan fingerprint density at radius 1 is 1.10 bits per heavy atom. The molecule has 1 aromatic heterocycles. The summed E-state index contributed by atoms with van der Waals surface area (Å²) in [6, 6.07) is 0. The Kier molecular flexibility index (Phi) is 7.52. The number of hydrogen-bond donors (Lipinski definition) is 1. The SMILES string of the molecule is CCc1nc(N(CCC(C)C)CCC(C)C)sc1CN. The fourth-order valence-electron chi connectivity index (χ4n) is 2.07. The Bertz CT molecular complexity index is 352. The lowest BCUT2D eigenvalue weighted by molar-refractivity contribution is 0.534. The van der Waals surface area contributed by atoms with E-state index >= 15 is 0 Å². The molecule has 0 fully saturated rings. The first kappa shape index (κ1) is 17.4. The molecule has 0 bridgehead atoms. The lowest BCUT2D eigenvalue weighted by Gasteiger charge is -2.23. The topological polar surface area (TPSA) is 42.2 Å². The van der Waals surface area contributed by atoms with Crippen molar-refractivity contribution in [3.05, 3.63) is 10.6 Å². The van der Waals surface area contributed by atoms with E-state index in [0.717, 1.165) is 31.3 Å². The molecule has 0 aliphatic rings. The van der Waals surface area contributed by atoms with Crippen LogP contribution in [0.3, 0.4) is 0 Å². The van der Waals surface area contributed by atoms with Gasteiger partial charge in [-0.05, 0) is 31.1 Å². The van der Waals surface area contributed by atoms with Gasteiger partial charge in [0.2, 0.25) is 0 Å². The molecule has 2 N–H and O–H groups in total. The quantitative estimate of drug-likeness (QED) is 0.747. The van der Waals surface area contributed by atoms with Crippen LogP contribution in [-0.2, 0) is 13.0 Å². The second-order valence-electron chi connectivity index (χ2n) is 6.28. The first-order valence-corrected chi connectivity index (χ1v) is 8.73. The fraction of sp³-hybridized carbons (Fsp3) is 0.812. The monoisotopic (exact) mass is 297 g/mol. The van der Waals surface area contributed by atoms with Crippen LogP contribution in [0.5, 0.6) is 0 Å². The number of rotatable bonds is 9. The van der Waals surface area contributed by atoms with Gasteiger partial charge in [-0.25, -0.2) is 4.98 Å². The van der Waals surface area contributed by atoms with E-state index in [-0.39, 0.29) is 0 Å². The molecular weight excluding hydrogens is 266 g/mol. The van der Waals surface area contributed by atoms with Crippen molar-refractivity contribution < 1.29 is 0 Å². The highest BCUT2D eigenvalue weighted by atomic mass is 32.1. The molecule has 0 amide bonds. The average molecular weight is 298 g/mol. The first-order chi connectivity index (χ1) is 9.47. The minimum atomic E-state index is 0.614. The summed E-state index contributed by atoms with van der Waals surface area (Å²) in [5.74, 6) is 1.47. The van der Waals surface area contributed by atoms with Crippen molar-refractivity contribution in [2.45, 2.75) is 60.4 Å². The molecule has 0 unspecified atom stereocenters. The van der Waals surface area contributed by atoms with Gasteiger partial charge in [-0.15, -0.1) is 11.3 Å². The predicted octanol–water partition coefficient (Wildman–Crippen LogP) is 4.06. The van der Waals surface area contributed by atoms with E-state index in [4.69, 9.17) is 10.7 Å². The largest absolute Gasteiger partial charge is 0.348 e. The lowest BCUT2D eigenvalue weighted by atomic mass is 10.1. The highest BCUT2D eigenvalue weighted by Gasteiger charge is 2.15. The summed E-state index contributed by atoms with van der Waals surface area (Å²) >= 11 is 1.79. The molecule has 0 saturated heterocycles. The summed E-state index contributed by atoms with van der Waals surface area (Å²) in [4.78, 5) is 8.53. The number of nitrogens with two attached hydrogens (primary N) is 1. The van der Waals surface area contributed by atoms with Crippen LogP contribution in [0.1, 0.15) is 58.0 Å². The van der Waals surface area contributed by atoms with Crippen LogP contribution in [0.2, 0.25) is 0 Å². The normalized spacial score (nSPS) is 11.6. The van der Waals surface area contributed by atoms with E-state index in [1.165, 1.54) is 28.5 Å². The molecule has 116 valence electrons. The zero-order chi connectivity index (χ0) is 15.1. The van der Waals surface area contributed by atoms with Gasteiger partial charge in [0.15, 0.2) is 5.13 Å². The van der Waals surface area contributed by atoms with E-state index in [2.05, 4.69) is 39.5 Å². The highest BCUT2D eigenvalue weighted by Crippen LogP contribution is 2.27. The van der Waals surface area contributed by atoms with E-state index in [9.17, 15) is 0 Å². The summed E-state index contributed by atoms with van der Waals surface area (Å²) in [5.41, 5.74) is 7.02. The van der Waals surface area contributed by atoms with Gasteiger partial charge in [0, 0.05) is 24.5 Å². The third kappa shape index (κ3) is 5.41. The van der Waals surface area contributed by atoms with Gasteiger partial charge in [-0.3, -0.25) is 0 Å². The van der Waals surface area contributed by atoms with Gasteiger partial charge >= 0.3 is 0 Å². The maximum Gasteiger partial charge on any atom is 0.185 e. The predicted molar refractivity (Wildman–Crippen MR) is 90.5 cm³/mol. The molecule has 3 nitrogen and oxygen atoms in total. The van der Waals surface area contributed by atoms with E-state index in [1.54, 1.807) is 11.3 Å². The van der Waals surface area contributed by atoms with Crippen molar-refractivity contribution >= 4 is 16.5 Å². The Morgan fingerprint density at radius 2 is 1.65 bits per heavy atom. The van der Waals surface area contributed by atoms with Crippen LogP contribution in [0.4, 0.5) is 5.13 Å². The highest BCUT2D eigenvalue weighted by molar-refractivity contribution is 7.15. The molecule has 0 spiro atoms. The molecule has 0 aliphatic carbocycles. The second-order valence-corrected chi connectivity index (χ2v) is 7.34.